The van der Waals surface area contributed by atoms with Gasteiger partial charge in [-0.2, -0.15) is 4.79 Å². The summed E-state index contributed by atoms with van der Waals surface area (Å²) in [6.45, 7) is 3.69. The summed E-state index contributed by atoms with van der Waals surface area (Å²) < 4.78 is 15.0. The average Bonchev–Trinajstić information content (AvgIpc) is 2.58. The van der Waals surface area contributed by atoms with Crippen LogP contribution in [-0.4, -0.2) is 47.9 Å². The maximum atomic E-state index is 11.6. The molecule has 94 valence electrons. The van der Waals surface area contributed by atoms with E-state index in [9.17, 15) is 9.59 Å². The summed E-state index contributed by atoms with van der Waals surface area (Å²) in [5, 5.41) is 0. The molecule has 0 N–H and O–H groups in total. The van der Waals surface area contributed by atoms with Gasteiger partial charge in [0.2, 0.25) is 0 Å². The molecule has 7 heteroatoms. The third kappa shape index (κ3) is 3.45. The molecule has 0 amide bonds. The Morgan fingerprint density at radius 1 is 1.53 bits per heavy atom. The number of hydrogen-bond donors (Lipinski definition) is 0. The van der Waals surface area contributed by atoms with E-state index in [1.54, 1.807) is 13.8 Å². The SMILES string of the molecule is COC(=O)C(=[N+]=[N-])C(=O)C[C@H]1COC(C)(C)O1. The van der Waals surface area contributed by atoms with Crippen molar-refractivity contribution in [3.63, 3.8) is 0 Å². The summed E-state index contributed by atoms with van der Waals surface area (Å²) in [6.07, 6.45) is -0.559. The number of esters is 1. The van der Waals surface area contributed by atoms with Gasteiger partial charge in [-0.15, -0.1) is 0 Å². The molecule has 1 aliphatic rings. The molecule has 1 heterocycles. The number of carbonyl (C=O) groups is 2. The van der Waals surface area contributed by atoms with Crippen LogP contribution in [0.3, 0.4) is 0 Å². The Hall–Kier alpha value is -1.56. The van der Waals surface area contributed by atoms with Crippen LogP contribution < -0.4 is 0 Å². The van der Waals surface area contributed by atoms with Gasteiger partial charge in [-0.25, -0.2) is 4.79 Å². The molecule has 0 saturated carbocycles. The topological polar surface area (TPSA) is 98.2 Å². The standard InChI is InChI=1S/C10H14N2O5/c1-10(2)16-5-6(17-10)4-7(13)8(12-11)9(14)15-3/h6H,4-5H2,1-3H3/t6-/m0/s1. The first-order chi connectivity index (χ1) is 7.89. The zero-order chi connectivity index (χ0) is 13.1. The quantitative estimate of drug-likeness (QED) is 0.226. The lowest BCUT2D eigenvalue weighted by atomic mass is 10.1. The first kappa shape index (κ1) is 13.5. The molecule has 0 radical (unpaired) electrons. The van der Waals surface area contributed by atoms with Gasteiger partial charge in [-0.05, 0) is 13.8 Å². The van der Waals surface area contributed by atoms with E-state index in [-0.39, 0.29) is 13.0 Å². The van der Waals surface area contributed by atoms with Gasteiger partial charge in [0.15, 0.2) is 5.79 Å². The highest BCUT2D eigenvalue weighted by atomic mass is 16.7. The molecule has 0 spiro atoms. The highest BCUT2D eigenvalue weighted by Crippen LogP contribution is 2.24. The predicted molar refractivity (Wildman–Crippen MR) is 55.2 cm³/mol. The molecular formula is C10H14N2O5. The van der Waals surface area contributed by atoms with Gasteiger partial charge >= 0.3 is 11.7 Å². The van der Waals surface area contributed by atoms with Gasteiger partial charge in [0.25, 0.3) is 5.78 Å². The van der Waals surface area contributed by atoms with E-state index >= 15 is 0 Å². The van der Waals surface area contributed by atoms with Gasteiger partial charge in [0.05, 0.1) is 19.8 Å². The van der Waals surface area contributed by atoms with Crippen molar-refractivity contribution in [2.24, 2.45) is 0 Å². The van der Waals surface area contributed by atoms with Crippen molar-refractivity contribution in [2.45, 2.75) is 32.2 Å². The Kier molecular flexibility index (Phi) is 4.11. The molecule has 1 aliphatic heterocycles. The molecule has 0 aromatic carbocycles. The van der Waals surface area contributed by atoms with E-state index in [0.717, 1.165) is 7.11 Å². The lowest BCUT2D eigenvalue weighted by Crippen LogP contribution is -2.31. The smallest absolute Gasteiger partial charge is 0.441 e. The molecule has 1 fully saturated rings. The molecule has 7 nitrogen and oxygen atoms in total. The van der Waals surface area contributed by atoms with Gasteiger partial charge in [0.1, 0.15) is 0 Å². The van der Waals surface area contributed by atoms with Crippen molar-refractivity contribution in [2.75, 3.05) is 13.7 Å². The molecule has 17 heavy (non-hydrogen) atoms. The van der Waals surface area contributed by atoms with Crippen LogP contribution >= 0.6 is 0 Å². The lowest BCUT2D eigenvalue weighted by Gasteiger charge is -2.16. The Morgan fingerprint density at radius 2 is 2.18 bits per heavy atom. The molecule has 1 atom stereocenters. The first-order valence-electron chi connectivity index (χ1n) is 5.05. The van der Waals surface area contributed by atoms with Crippen LogP contribution in [-0.2, 0) is 23.8 Å². The summed E-state index contributed by atoms with van der Waals surface area (Å²) in [5.74, 6) is -2.37. The minimum absolute atomic E-state index is 0.0993. The number of nitrogens with zero attached hydrogens (tertiary/aromatic N) is 2. The zero-order valence-electron chi connectivity index (χ0n) is 9.93. The van der Waals surface area contributed by atoms with Gasteiger partial charge in [-0.1, -0.05) is 0 Å². The van der Waals surface area contributed by atoms with Crippen molar-refractivity contribution in [3.05, 3.63) is 5.53 Å². The maximum Gasteiger partial charge on any atom is 0.441 e. The molecular weight excluding hydrogens is 228 g/mol. The molecule has 0 aromatic rings. The van der Waals surface area contributed by atoms with Crippen LogP contribution in [0.25, 0.3) is 5.53 Å². The summed E-state index contributed by atoms with van der Waals surface area (Å²) in [6, 6.07) is 0. The van der Waals surface area contributed by atoms with E-state index in [0.29, 0.717) is 0 Å². The van der Waals surface area contributed by atoms with Crippen LogP contribution in [0.5, 0.6) is 0 Å². The number of carbonyl (C=O) groups excluding carboxylic acids is 2. The van der Waals surface area contributed by atoms with Crippen molar-refractivity contribution >= 4 is 17.5 Å². The number of Topliss-reactive ketones (excluding diaryl/α,β-unsaturated/α-hetero) is 1. The van der Waals surface area contributed by atoms with Gasteiger partial charge in [0, 0.05) is 6.42 Å². The monoisotopic (exact) mass is 242 g/mol. The Bertz CT molecular complexity index is 384. The second kappa shape index (κ2) is 5.18. The lowest BCUT2D eigenvalue weighted by molar-refractivity contribution is -0.144. The molecule has 0 aliphatic carbocycles. The predicted octanol–water partition coefficient (Wildman–Crippen LogP) is -0.0591. The van der Waals surface area contributed by atoms with Crippen molar-refractivity contribution in [1.29, 1.82) is 0 Å². The van der Waals surface area contributed by atoms with E-state index in [4.69, 9.17) is 15.0 Å². The third-order valence-electron chi connectivity index (χ3n) is 2.22. The van der Waals surface area contributed by atoms with Crippen molar-refractivity contribution < 1.29 is 28.6 Å². The number of methoxy groups -OCH3 is 1. The summed E-state index contributed by atoms with van der Waals surface area (Å²) >= 11 is 0. The number of rotatable bonds is 4. The highest BCUT2D eigenvalue weighted by molar-refractivity contribution is 6.62. The van der Waals surface area contributed by atoms with Crippen molar-refractivity contribution in [3.8, 4) is 0 Å². The van der Waals surface area contributed by atoms with Gasteiger partial charge < -0.3 is 19.7 Å². The number of ketones is 1. The minimum atomic E-state index is -0.976. The van der Waals surface area contributed by atoms with E-state index in [1.165, 1.54) is 0 Å². The Labute approximate surface area is 98.3 Å². The second-order valence-corrected chi connectivity index (χ2v) is 4.02. The summed E-state index contributed by atoms with van der Waals surface area (Å²) in [5.41, 5.74) is 7.93. The fourth-order valence-electron chi connectivity index (χ4n) is 1.47. The summed E-state index contributed by atoms with van der Waals surface area (Å²) in [4.78, 5) is 25.3. The van der Waals surface area contributed by atoms with E-state index in [1.807, 2.05) is 0 Å². The van der Waals surface area contributed by atoms with Crippen LogP contribution in [0.2, 0.25) is 0 Å². The highest BCUT2D eigenvalue weighted by Gasteiger charge is 2.38. The van der Waals surface area contributed by atoms with Crippen LogP contribution in [0.1, 0.15) is 20.3 Å². The fourth-order valence-corrected chi connectivity index (χ4v) is 1.47. The summed E-state index contributed by atoms with van der Waals surface area (Å²) in [7, 11) is 1.10. The van der Waals surface area contributed by atoms with Crippen molar-refractivity contribution in [1.82, 2.24) is 0 Å². The average molecular weight is 242 g/mol. The second-order valence-electron chi connectivity index (χ2n) is 4.02. The maximum absolute atomic E-state index is 11.6. The van der Waals surface area contributed by atoms with E-state index in [2.05, 4.69) is 9.53 Å². The molecule has 1 saturated heterocycles. The van der Waals surface area contributed by atoms with E-state index < -0.39 is 29.4 Å². The Morgan fingerprint density at radius 3 is 2.59 bits per heavy atom. The molecule has 1 rings (SSSR count). The van der Waals surface area contributed by atoms with Crippen LogP contribution in [0.15, 0.2) is 0 Å². The molecule has 0 bridgehead atoms. The normalized spacial score (nSPS) is 21.7. The van der Waals surface area contributed by atoms with Gasteiger partial charge in [-0.3, -0.25) is 4.79 Å². The largest absolute Gasteiger partial charge is 0.460 e. The molecule has 0 aromatic heterocycles. The zero-order valence-corrected chi connectivity index (χ0v) is 9.93. The molecule has 0 unspecified atom stereocenters. The Balaban J connectivity index is 2.61. The minimum Gasteiger partial charge on any atom is -0.460 e. The number of ether oxygens (including phenoxy) is 3. The fraction of sp³-hybridized carbons (Fsp3) is 0.700. The first-order valence-corrected chi connectivity index (χ1v) is 5.05. The third-order valence-corrected chi connectivity index (χ3v) is 2.22. The van der Waals surface area contributed by atoms with Crippen LogP contribution in [0, 0.1) is 0 Å². The number of hydrogen-bond acceptors (Lipinski definition) is 5. The van der Waals surface area contributed by atoms with Crippen LogP contribution in [0.4, 0.5) is 0 Å².